The van der Waals surface area contributed by atoms with E-state index in [1.807, 2.05) is 24.3 Å². The lowest BCUT2D eigenvalue weighted by Crippen LogP contribution is -2.25. The summed E-state index contributed by atoms with van der Waals surface area (Å²) < 4.78 is 5.98. The molecule has 4 aromatic rings. The molecular formula is C26H25ClN2O. The van der Waals surface area contributed by atoms with Gasteiger partial charge in [-0.3, -0.25) is 4.90 Å². The summed E-state index contributed by atoms with van der Waals surface area (Å²) in [6.45, 7) is 4.14. The molecule has 5 rings (SSSR count). The standard InChI is InChI=1S/C26H25ClN2O/c27-21-10-13-24-23(18-21)25(19-6-2-1-3-7-19)26(28-24)20-8-11-22(12-9-20)30-17-16-29-14-4-5-15-29/h1-3,6-13,18,28H,4-5,14-17H2. The van der Waals surface area contributed by atoms with Crippen molar-refractivity contribution in [3.63, 3.8) is 0 Å². The van der Waals surface area contributed by atoms with Gasteiger partial charge in [0.15, 0.2) is 0 Å². The molecule has 0 atom stereocenters. The van der Waals surface area contributed by atoms with Crippen molar-refractivity contribution in [1.29, 1.82) is 0 Å². The summed E-state index contributed by atoms with van der Waals surface area (Å²) in [6, 6.07) is 24.9. The summed E-state index contributed by atoms with van der Waals surface area (Å²) in [6.07, 6.45) is 2.63. The Labute approximate surface area is 182 Å². The molecule has 30 heavy (non-hydrogen) atoms. The molecule has 0 spiro atoms. The third-order valence-electron chi connectivity index (χ3n) is 5.84. The first-order valence-corrected chi connectivity index (χ1v) is 11.0. The molecule has 3 nitrogen and oxygen atoms in total. The van der Waals surface area contributed by atoms with E-state index in [1.165, 1.54) is 37.1 Å². The van der Waals surface area contributed by atoms with Crippen LogP contribution in [-0.2, 0) is 0 Å². The summed E-state index contributed by atoms with van der Waals surface area (Å²) in [4.78, 5) is 6.07. The van der Waals surface area contributed by atoms with Gasteiger partial charge in [-0.2, -0.15) is 0 Å². The highest BCUT2D eigenvalue weighted by molar-refractivity contribution is 6.31. The van der Waals surface area contributed by atoms with Crippen molar-refractivity contribution < 1.29 is 4.74 Å². The smallest absolute Gasteiger partial charge is 0.119 e. The third-order valence-corrected chi connectivity index (χ3v) is 6.08. The highest BCUT2D eigenvalue weighted by Crippen LogP contribution is 2.39. The fraction of sp³-hybridized carbons (Fsp3) is 0.231. The monoisotopic (exact) mass is 416 g/mol. The van der Waals surface area contributed by atoms with E-state index in [2.05, 4.69) is 58.4 Å². The molecule has 1 aliphatic rings. The van der Waals surface area contributed by atoms with Gasteiger partial charge in [-0.15, -0.1) is 0 Å². The van der Waals surface area contributed by atoms with Crippen molar-refractivity contribution in [2.24, 2.45) is 0 Å². The molecule has 0 aliphatic carbocycles. The van der Waals surface area contributed by atoms with Crippen molar-refractivity contribution in [2.75, 3.05) is 26.2 Å². The minimum atomic E-state index is 0.736. The van der Waals surface area contributed by atoms with E-state index >= 15 is 0 Å². The van der Waals surface area contributed by atoms with Crippen LogP contribution in [0.3, 0.4) is 0 Å². The average Bonchev–Trinajstić information content (AvgIpc) is 3.42. The lowest BCUT2D eigenvalue weighted by molar-refractivity contribution is 0.238. The first kappa shape index (κ1) is 19.2. The van der Waals surface area contributed by atoms with Gasteiger partial charge in [-0.25, -0.2) is 0 Å². The number of hydrogen-bond donors (Lipinski definition) is 1. The maximum absolute atomic E-state index is 6.32. The fourth-order valence-corrected chi connectivity index (χ4v) is 4.47. The minimum Gasteiger partial charge on any atom is -0.492 e. The maximum atomic E-state index is 6.32. The van der Waals surface area contributed by atoms with Gasteiger partial charge in [0.2, 0.25) is 0 Å². The quantitative estimate of drug-likeness (QED) is 0.382. The second kappa shape index (κ2) is 8.55. The van der Waals surface area contributed by atoms with Crippen LogP contribution in [0, 0.1) is 0 Å². The van der Waals surface area contributed by atoms with E-state index in [9.17, 15) is 0 Å². The second-order valence-corrected chi connectivity index (χ2v) is 8.29. The molecule has 0 saturated carbocycles. The van der Waals surface area contributed by atoms with Crippen LogP contribution < -0.4 is 4.74 Å². The molecule has 1 N–H and O–H groups in total. The highest BCUT2D eigenvalue weighted by Gasteiger charge is 2.16. The Bertz CT molecular complexity index is 1130. The number of aromatic amines is 1. The topological polar surface area (TPSA) is 28.3 Å². The molecule has 0 bridgehead atoms. The van der Waals surface area contributed by atoms with E-state index in [0.717, 1.165) is 46.1 Å². The zero-order chi connectivity index (χ0) is 20.3. The van der Waals surface area contributed by atoms with Crippen LogP contribution in [0.1, 0.15) is 12.8 Å². The molecule has 152 valence electrons. The molecule has 1 aliphatic heterocycles. The molecule has 0 unspecified atom stereocenters. The largest absolute Gasteiger partial charge is 0.492 e. The number of rotatable bonds is 6. The number of likely N-dealkylation sites (tertiary alicyclic amines) is 1. The molecule has 1 fully saturated rings. The van der Waals surface area contributed by atoms with E-state index < -0.39 is 0 Å². The SMILES string of the molecule is Clc1ccc2[nH]c(-c3ccc(OCCN4CCCC4)cc3)c(-c3ccccc3)c2c1. The van der Waals surface area contributed by atoms with Crippen molar-refractivity contribution in [3.05, 3.63) is 77.8 Å². The molecule has 1 aromatic heterocycles. The Morgan fingerprint density at radius 3 is 2.40 bits per heavy atom. The normalized spacial score (nSPS) is 14.4. The summed E-state index contributed by atoms with van der Waals surface area (Å²) in [5.74, 6) is 0.915. The average molecular weight is 417 g/mol. The Morgan fingerprint density at radius 2 is 1.63 bits per heavy atom. The van der Waals surface area contributed by atoms with Crippen LogP contribution in [0.25, 0.3) is 33.3 Å². The number of nitrogens with one attached hydrogen (secondary N) is 1. The van der Waals surface area contributed by atoms with Gasteiger partial charge >= 0.3 is 0 Å². The van der Waals surface area contributed by atoms with Gasteiger partial charge < -0.3 is 9.72 Å². The fourth-order valence-electron chi connectivity index (χ4n) is 4.30. The molecule has 4 heteroatoms. The number of halogens is 1. The van der Waals surface area contributed by atoms with Gasteiger partial charge in [-0.1, -0.05) is 41.9 Å². The number of fused-ring (bicyclic) bond motifs is 1. The van der Waals surface area contributed by atoms with E-state index in [0.29, 0.717) is 0 Å². The van der Waals surface area contributed by atoms with Crippen LogP contribution in [0.15, 0.2) is 72.8 Å². The van der Waals surface area contributed by atoms with E-state index in [4.69, 9.17) is 16.3 Å². The molecule has 1 saturated heterocycles. The lowest BCUT2D eigenvalue weighted by Gasteiger charge is -2.15. The van der Waals surface area contributed by atoms with Gasteiger partial charge in [0.05, 0.1) is 5.69 Å². The summed E-state index contributed by atoms with van der Waals surface area (Å²) >= 11 is 6.32. The van der Waals surface area contributed by atoms with Crippen molar-refractivity contribution in [3.8, 4) is 28.1 Å². The predicted molar refractivity (Wildman–Crippen MR) is 125 cm³/mol. The number of aromatic nitrogens is 1. The van der Waals surface area contributed by atoms with Gasteiger partial charge in [0.1, 0.15) is 12.4 Å². The van der Waals surface area contributed by atoms with Crippen LogP contribution >= 0.6 is 11.6 Å². The maximum Gasteiger partial charge on any atom is 0.119 e. The Kier molecular flexibility index (Phi) is 5.48. The van der Waals surface area contributed by atoms with E-state index in [1.54, 1.807) is 0 Å². The van der Waals surface area contributed by atoms with Gasteiger partial charge in [0, 0.05) is 28.0 Å². The second-order valence-electron chi connectivity index (χ2n) is 7.85. The first-order valence-electron chi connectivity index (χ1n) is 10.6. The first-order chi connectivity index (χ1) is 14.8. The number of hydrogen-bond acceptors (Lipinski definition) is 2. The Hall–Kier alpha value is -2.75. The van der Waals surface area contributed by atoms with Gasteiger partial charge in [-0.05, 0) is 79.5 Å². The summed E-state index contributed by atoms with van der Waals surface area (Å²) in [5.41, 5.74) is 5.66. The Balaban J connectivity index is 1.44. The molecule has 3 aromatic carbocycles. The molecule has 0 radical (unpaired) electrons. The molecule has 0 amide bonds. The predicted octanol–water partition coefficient (Wildman–Crippen LogP) is 6.63. The summed E-state index contributed by atoms with van der Waals surface area (Å²) in [7, 11) is 0. The number of H-pyrrole nitrogens is 1. The van der Waals surface area contributed by atoms with Crippen LogP contribution in [0.4, 0.5) is 0 Å². The third kappa shape index (κ3) is 3.96. The number of ether oxygens (including phenoxy) is 1. The zero-order valence-corrected chi connectivity index (χ0v) is 17.7. The van der Waals surface area contributed by atoms with Crippen molar-refractivity contribution in [1.82, 2.24) is 9.88 Å². The Morgan fingerprint density at radius 1 is 0.867 bits per heavy atom. The van der Waals surface area contributed by atoms with E-state index in [-0.39, 0.29) is 0 Å². The van der Waals surface area contributed by atoms with Crippen LogP contribution in [0.2, 0.25) is 5.02 Å². The van der Waals surface area contributed by atoms with Gasteiger partial charge in [0.25, 0.3) is 0 Å². The lowest BCUT2D eigenvalue weighted by atomic mass is 9.98. The molecule has 2 heterocycles. The van der Waals surface area contributed by atoms with Crippen LogP contribution in [-0.4, -0.2) is 36.1 Å². The summed E-state index contributed by atoms with van der Waals surface area (Å²) in [5, 5.41) is 1.88. The zero-order valence-electron chi connectivity index (χ0n) is 16.9. The number of benzene rings is 3. The van der Waals surface area contributed by atoms with Crippen molar-refractivity contribution >= 4 is 22.5 Å². The van der Waals surface area contributed by atoms with Crippen LogP contribution in [0.5, 0.6) is 5.75 Å². The number of nitrogens with zero attached hydrogens (tertiary/aromatic N) is 1. The highest BCUT2D eigenvalue weighted by atomic mass is 35.5. The minimum absolute atomic E-state index is 0.736. The molecular weight excluding hydrogens is 392 g/mol. The van der Waals surface area contributed by atoms with Crippen molar-refractivity contribution in [2.45, 2.75) is 12.8 Å².